The molecule has 0 fully saturated rings. The van der Waals surface area contributed by atoms with Crippen molar-refractivity contribution in [2.45, 2.75) is 47.5 Å². The van der Waals surface area contributed by atoms with Crippen LogP contribution in [0.2, 0.25) is 0 Å². The van der Waals surface area contributed by atoms with Gasteiger partial charge in [0.15, 0.2) is 0 Å². The Morgan fingerprint density at radius 3 is 1.69 bits per heavy atom. The first-order chi connectivity index (χ1) is 17.3. The first-order valence-corrected chi connectivity index (χ1v) is 16.8. The van der Waals surface area contributed by atoms with Crippen molar-refractivity contribution in [1.82, 2.24) is 0 Å². The monoisotopic (exact) mass is 646 g/mol. The van der Waals surface area contributed by atoms with Gasteiger partial charge in [0.1, 0.15) is 0 Å². The molecular formula is C31H30Br2N2Ni. The molecule has 5 rings (SSSR count). The summed E-state index contributed by atoms with van der Waals surface area (Å²) >= 11 is 6.00. The Morgan fingerprint density at radius 1 is 0.667 bits per heavy atom. The van der Waals surface area contributed by atoms with Crippen LogP contribution >= 0.6 is 28.5 Å². The summed E-state index contributed by atoms with van der Waals surface area (Å²) in [5.74, 6) is 0.394. The van der Waals surface area contributed by atoms with Crippen molar-refractivity contribution < 1.29 is 10.9 Å². The molecule has 2 nitrogen and oxygen atoms in total. The van der Waals surface area contributed by atoms with E-state index in [1.807, 2.05) is 0 Å². The molecule has 0 atom stereocenters. The zero-order valence-corrected chi connectivity index (χ0v) is 25.6. The van der Waals surface area contributed by atoms with Gasteiger partial charge in [-0.3, -0.25) is 0 Å². The van der Waals surface area contributed by atoms with E-state index < -0.39 is 0 Å². The number of rotatable bonds is 3. The molecule has 0 spiro atoms. The summed E-state index contributed by atoms with van der Waals surface area (Å²) in [6.07, 6.45) is 0. The Labute approximate surface area is 234 Å². The summed E-state index contributed by atoms with van der Waals surface area (Å²) in [4.78, 5) is 10.7. The van der Waals surface area contributed by atoms with Crippen LogP contribution in [-0.2, 0) is 10.9 Å². The molecule has 0 heterocycles. The fourth-order valence-corrected chi connectivity index (χ4v) is 5.09. The Balaban J connectivity index is 0.000000967. The predicted octanol–water partition coefficient (Wildman–Crippen LogP) is 10.1. The summed E-state index contributed by atoms with van der Waals surface area (Å²) in [6.45, 7) is 13.1. The van der Waals surface area contributed by atoms with E-state index in [4.69, 9.17) is 9.98 Å². The van der Waals surface area contributed by atoms with E-state index in [0.717, 1.165) is 22.8 Å². The molecule has 0 bridgehead atoms. The second-order valence-electron chi connectivity index (χ2n) is 9.59. The first kappa shape index (κ1) is 27.0. The van der Waals surface area contributed by atoms with E-state index in [9.17, 15) is 0 Å². The van der Waals surface area contributed by atoms with E-state index in [-0.39, 0.29) is 0 Å². The molecule has 4 aromatic rings. The SMILES string of the molecule is Cc1cc(C)c(N=C2C(=Nc3c(C)cccc3C(C)C)c3cccc4cccc2c34)c(C)c1.[Br][Ni][Br]. The van der Waals surface area contributed by atoms with Crippen molar-refractivity contribution in [2.75, 3.05) is 0 Å². The van der Waals surface area contributed by atoms with Gasteiger partial charge < -0.3 is 0 Å². The third-order valence-corrected chi connectivity index (χ3v) is 6.61. The van der Waals surface area contributed by atoms with Gasteiger partial charge in [-0.15, -0.1) is 0 Å². The van der Waals surface area contributed by atoms with Gasteiger partial charge in [0.05, 0.1) is 22.8 Å². The number of hydrogen-bond acceptors (Lipinski definition) is 2. The third-order valence-electron chi connectivity index (χ3n) is 6.61. The molecule has 188 valence electrons. The minimum atomic E-state index is 0.394. The number of aryl methyl sites for hydroxylation is 4. The fraction of sp³-hybridized carbons (Fsp3) is 0.226. The van der Waals surface area contributed by atoms with Crippen molar-refractivity contribution in [3.05, 3.63) is 106 Å². The molecule has 5 heteroatoms. The average molecular weight is 649 g/mol. The van der Waals surface area contributed by atoms with Crippen molar-refractivity contribution in [2.24, 2.45) is 9.98 Å². The van der Waals surface area contributed by atoms with Crippen LogP contribution in [0.5, 0.6) is 0 Å². The second kappa shape index (κ2) is 11.5. The first-order valence-electron chi connectivity index (χ1n) is 12.0. The topological polar surface area (TPSA) is 24.7 Å². The Kier molecular flexibility index (Phi) is 8.65. The van der Waals surface area contributed by atoms with Gasteiger partial charge in [0.25, 0.3) is 0 Å². The van der Waals surface area contributed by atoms with Crippen LogP contribution in [0.3, 0.4) is 0 Å². The standard InChI is InChI=1S/C31H30N2.2BrH.Ni/c1-18(2)24-13-7-10-20(4)29(24)33-31-26-15-9-12-23-11-8-14-25(27(23)26)30(31)32-28-21(5)16-19(3)17-22(28)6;;;/h7-18H,1-6H3;2*1H;/q;;;+2/p-2. The molecule has 0 aliphatic heterocycles. The molecule has 1 aliphatic carbocycles. The van der Waals surface area contributed by atoms with Crippen LogP contribution in [0.1, 0.15) is 58.7 Å². The van der Waals surface area contributed by atoms with E-state index in [0.29, 0.717) is 5.92 Å². The average Bonchev–Trinajstić information content (AvgIpc) is 3.12. The summed E-state index contributed by atoms with van der Waals surface area (Å²) in [6, 6.07) is 23.9. The van der Waals surface area contributed by atoms with Crippen molar-refractivity contribution >= 4 is 62.0 Å². The molecule has 0 saturated carbocycles. The second-order valence-corrected chi connectivity index (χ2v) is 14.6. The summed E-state index contributed by atoms with van der Waals surface area (Å²) in [7, 11) is 1.25. The molecule has 0 N–H and O–H groups in total. The maximum absolute atomic E-state index is 5.36. The minimum absolute atomic E-state index is 0.394. The zero-order chi connectivity index (χ0) is 26.0. The number of hydrogen-bond donors (Lipinski definition) is 0. The Bertz CT molecular complexity index is 1470. The van der Waals surface area contributed by atoms with Crippen molar-refractivity contribution in [3.8, 4) is 0 Å². The van der Waals surface area contributed by atoms with Gasteiger partial charge in [-0.05, 0) is 61.3 Å². The van der Waals surface area contributed by atoms with E-state index in [2.05, 4.69) is 137 Å². The van der Waals surface area contributed by atoms with Crippen LogP contribution in [-0.4, -0.2) is 11.4 Å². The predicted molar refractivity (Wildman–Crippen MR) is 160 cm³/mol. The molecule has 1 aliphatic rings. The normalized spacial score (nSPS) is 14.7. The molecule has 0 amide bonds. The van der Waals surface area contributed by atoms with Gasteiger partial charge in [-0.2, -0.15) is 0 Å². The molecule has 0 aromatic heterocycles. The van der Waals surface area contributed by atoms with Gasteiger partial charge >= 0.3 is 39.3 Å². The summed E-state index contributed by atoms with van der Waals surface area (Å²) < 4.78 is 0. The maximum atomic E-state index is 5.36. The Morgan fingerprint density at radius 2 is 1.17 bits per heavy atom. The van der Waals surface area contributed by atoms with Crippen LogP contribution in [0.25, 0.3) is 10.8 Å². The fourth-order valence-electron chi connectivity index (χ4n) is 5.09. The number of halogens is 2. The number of para-hydroxylation sites is 1. The molecule has 4 aromatic carbocycles. The zero-order valence-electron chi connectivity index (χ0n) is 21.4. The van der Waals surface area contributed by atoms with E-state index >= 15 is 0 Å². The number of aliphatic imine (C=N–C) groups is 2. The number of nitrogens with zero attached hydrogens (tertiary/aromatic N) is 2. The molecule has 0 unspecified atom stereocenters. The Hall–Kier alpha value is -2.07. The van der Waals surface area contributed by atoms with Crippen LogP contribution in [0, 0.1) is 27.7 Å². The quantitative estimate of drug-likeness (QED) is 0.198. The van der Waals surface area contributed by atoms with Crippen LogP contribution < -0.4 is 0 Å². The summed E-state index contributed by atoms with van der Waals surface area (Å²) in [5.41, 5.74) is 12.5. The van der Waals surface area contributed by atoms with E-state index in [1.54, 1.807) is 0 Å². The molecule has 36 heavy (non-hydrogen) atoms. The van der Waals surface area contributed by atoms with E-state index in [1.165, 1.54) is 60.6 Å². The van der Waals surface area contributed by atoms with Crippen LogP contribution in [0.4, 0.5) is 11.4 Å². The van der Waals surface area contributed by atoms with Gasteiger partial charge in [0.2, 0.25) is 0 Å². The summed E-state index contributed by atoms with van der Waals surface area (Å²) in [5, 5.41) is 2.48. The van der Waals surface area contributed by atoms with Gasteiger partial charge in [0, 0.05) is 16.5 Å². The third kappa shape index (κ3) is 5.30. The molecule has 0 radical (unpaired) electrons. The van der Waals surface area contributed by atoms with Crippen LogP contribution in [0.15, 0.2) is 76.7 Å². The van der Waals surface area contributed by atoms with Gasteiger partial charge in [-0.25, -0.2) is 9.98 Å². The van der Waals surface area contributed by atoms with Gasteiger partial charge in [-0.1, -0.05) is 86.1 Å². The number of benzene rings is 4. The molecular weight excluding hydrogens is 619 g/mol. The van der Waals surface area contributed by atoms with Crippen molar-refractivity contribution in [3.63, 3.8) is 0 Å². The van der Waals surface area contributed by atoms with Crippen molar-refractivity contribution in [1.29, 1.82) is 0 Å². The molecule has 0 saturated heterocycles.